The predicted molar refractivity (Wildman–Crippen MR) is 40.3 cm³/mol. The summed E-state index contributed by atoms with van der Waals surface area (Å²) in [6.45, 7) is 0. The average molecular weight is 152 g/mol. The fourth-order valence-corrected chi connectivity index (χ4v) is 1.05. The third kappa shape index (κ3) is 0.969. The Morgan fingerprint density at radius 3 is 3.18 bits per heavy atom. The van der Waals surface area contributed by atoms with Gasteiger partial charge in [-0.25, -0.2) is 0 Å². The highest BCUT2D eigenvalue weighted by Crippen LogP contribution is 2.33. The largest absolute Gasteiger partial charge is 0.508 e. The van der Waals surface area contributed by atoms with Crippen molar-refractivity contribution in [2.75, 3.05) is 5.32 Å². The Hall–Kier alpha value is -1.42. The van der Waals surface area contributed by atoms with Gasteiger partial charge >= 0.3 is 0 Å². The fraction of sp³-hybridized carbons (Fsp3) is 0.143. The Labute approximate surface area is 63.6 Å². The van der Waals surface area contributed by atoms with E-state index < -0.39 is 6.35 Å². The van der Waals surface area contributed by atoms with Gasteiger partial charge in [0.2, 0.25) is 6.35 Å². The average Bonchev–Trinajstić information content (AvgIpc) is 2.27. The van der Waals surface area contributed by atoms with Crippen LogP contribution >= 0.6 is 0 Å². The third-order valence-corrected chi connectivity index (χ3v) is 1.52. The molecule has 0 saturated heterocycles. The van der Waals surface area contributed by atoms with E-state index >= 15 is 0 Å². The highest BCUT2D eigenvalue weighted by Gasteiger charge is 2.17. The second-order valence-electron chi connectivity index (χ2n) is 2.36. The Morgan fingerprint density at radius 1 is 1.55 bits per heavy atom. The van der Waals surface area contributed by atoms with Crippen LogP contribution in [0, 0.1) is 0 Å². The van der Waals surface area contributed by atoms with Crippen molar-refractivity contribution in [2.24, 2.45) is 5.73 Å². The molecule has 1 aliphatic rings. The van der Waals surface area contributed by atoms with Crippen LogP contribution < -0.4 is 15.8 Å². The van der Waals surface area contributed by atoms with E-state index in [4.69, 9.17) is 15.6 Å². The quantitative estimate of drug-likeness (QED) is 0.472. The number of benzene rings is 1. The number of hydrogen-bond acceptors (Lipinski definition) is 4. The van der Waals surface area contributed by atoms with Crippen LogP contribution in [0.25, 0.3) is 0 Å². The van der Waals surface area contributed by atoms with Crippen molar-refractivity contribution in [3.63, 3.8) is 0 Å². The van der Waals surface area contributed by atoms with Gasteiger partial charge in [0.15, 0.2) is 5.75 Å². The Kier molecular flexibility index (Phi) is 1.16. The molecule has 4 heteroatoms. The van der Waals surface area contributed by atoms with Gasteiger partial charge in [-0.2, -0.15) is 0 Å². The van der Waals surface area contributed by atoms with Crippen LogP contribution in [0.1, 0.15) is 0 Å². The highest BCUT2D eigenvalue weighted by atomic mass is 16.5. The summed E-state index contributed by atoms with van der Waals surface area (Å²) in [6, 6.07) is 4.82. The zero-order valence-electron chi connectivity index (χ0n) is 5.74. The number of nitrogens with one attached hydrogen (secondary N) is 1. The maximum Gasteiger partial charge on any atom is 0.225 e. The Balaban J connectivity index is 2.43. The molecule has 4 N–H and O–H groups in total. The SMILES string of the molecule is NC1Nc2ccc(O)cc2O1. The molecule has 0 aliphatic carbocycles. The maximum atomic E-state index is 9.03. The predicted octanol–water partition coefficient (Wildman–Crippen LogP) is 0.439. The van der Waals surface area contributed by atoms with E-state index in [0.29, 0.717) is 5.75 Å². The Bertz CT molecular complexity index is 288. The molecule has 1 heterocycles. The monoisotopic (exact) mass is 152 g/mol. The summed E-state index contributed by atoms with van der Waals surface area (Å²) in [5.74, 6) is 0.775. The number of phenols is 1. The number of phenolic OH excluding ortho intramolecular Hbond substituents is 1. The van der Waals surface area contributed by atoms with Crippen LogP contribution in [0.15, 0.2) is 18.2 Å². The van der Waals surface area contributed by atoms with Gasteiger partial charge in [-0.05, 0) is 12.1 Å². The summed E-state index contributed by atoms with van der Waals surface area (Å²) in [6.07, 6.45) is -0.494. The number of ether oxygens (including phenoxy) is 1. The van der Waals surface area contributed by atoms with Gasteiger partial charge in [0, 0.05) is 6.07 Å². The van der Waals surface area contributed by atoms with Gasteiger partial charge in [-0.15, -0.1) is 0 Å². The molecule has 0 radical (unpaired) electrons. The van der Waals surface area contributed by atoms with Crippen LogP contribution in [-0.2, 0) is 0 Å². The van der Waals surface area contributed by atoms with Crippen LogP contribution in [0.4, 0.5) is 5.69 Å². The Morgan fingerprint density at radius 2 is 2.36 bits per heavy atom. The van der Waals surface area contributed by atoms with E-state index in [1.54, 1.807) is 12.1 Å². The molecule has 2 rings (SSSR count). The van der Waals surface area contributed by atoms with Gasteiger partial charge in [0.1, 0.15) is 5.75 Å². The van der Waals surface area contributed by atoms with Crippen molar-refractivity contribution >= 4 is 5.69 Å². The van der Waals surface area contributed by atoms with Crippen LogP contribution in [0.2, 0.25) is 0 Å². The van der Waals surface area contributed by atoms with Crippen LogP contribution in [0.3, 0.4) is 0 Å². The number of hydrogen-bond donors (Lipinski definition) is 3. The number of aromatic hydroxyl groups is 1. The summed E-state index contributed by atoms with van der Waals surface area (Å²) in [5, 5.41) is 11.9. The maximum absolute atomic E-state index is 9.03. The van der Waals surface area contributed by atoms with Crippen molar-refractivity contribution < 1.29 is 9.84 Å². The lowest BCUT2D eigenvalue weighted by Crippen LogP contribution is -2.30. The molecule has 11 heavy (non-hydrogen) atoms. The van der Waals surface area contributed by atoms with Crippen molar-refractivity contribution in [3.8, 4) is 11.5 Å². The molecule has 0 saturated carbocycles. The number of rotatable bonds is 0. The summed E-state index contributed by atoms with van der Waals surface area (Å²) < 4.78 is 5.09. The van der Waals surface area contributed by atoms with Crippen molar-refractivity contribution in [2.45, 2.75) is 6.35 Å². The molecule has 58 valence electrons. The topological polar surface area (TPSA) is 67.5 Å². The normalized spacial score (nSPS) is 20.3. The minimum Gasteiger partial charge on any atom is -0.508 e. The van der Waals surface area contributed by atoms with Crippen LogP contribution in [-0.4, -0.2) is 11.5 Å². The van der Waals surface area contributed by atoms with E-state index in [9.17, 15) is 0 Å². The highest BCUT2D eigenvalue weighted by molar-refractivity contribution is 5.61. The van der Waals surface area contributed by atoms with Gasteiger partial charge in [0.25, 0.3) is 0 Å². The molecule has 1 aliphatic heterocycles. The first-order valence-electron chi connectivity index (χ1n) is 3.27. The van der Waals surface area contributed by atoms with E-state index in [-0.39, 0.29) is 5.75 Å². The molecule has 0 bridgehead atoms. The smallest absolute Gasteiger partial charge is 0.225 e. The zero-order chi connectivity index (χ0) is 7.84. The molecule has 1 atom stereocenters. The van der Waals surface area contributed by atoms with Crippen molar-refractivity contribution in [1.29, 1.82) is 0 Å². The first-order valence-corrected chi connectivity index (χ1v) is 3.27. The van der Waals surface area contributed by atoms with Crippen molar-refractivity contribution in [1.82, 2.24) is 0 Å². The lowest BCUT2D eigenvalue weighted by atomic mass is 10.3. The van der Waals surface area contributed by atoms with E-state index in [2.05, 4.69) is 5.32 Å². The number of nitrogens with two attached hydrogens (primary N) is 1. The summed E-state index contributed by atoms with van der Waals surface area (Å²) >= 11 is 0. The number of fused-ring (bicyclic) bond motifs is 1. The van der Waals surface area contributed by atoms with Gasteiger partial charge in [-0.3, -0.25) is 5.73 Å². The molecule has 1 aromatic rings. The molecule has 1 aromatic carbocycles. The minimum absolute atomic E-state index is 0.180. The second kappa shape index (κ2) is 2.03. The molecule has 0 spiro atoms. The zero-order valence-corrected chi connectivity index (χ0v) is 5.74. The number of anilines is 1. The van der Waals surface area contributed by atoms with Gasteiger partial charge in [0.05, 0.1) is 5.69 Å². The molecular weight excluding hydrogens is 144 g/mol. The second-order valence-corrected chi connectivity index (χ2v) is 2.36. The molecule has 0 aromatic heterocycles. The van der Waals surface area contributed by atoms with Gasteiger partial charge in [-0.1, -0.05) is 0 Å². The molecular formula is C7H8N2O2. The molecule has 0 amide bonds. The first kappa shape index (κ1) is 6.30. The third-order valence-electron chi connectivity index (χ3n) is 1.52. The van der Waals surface area contributed by atoms with E-state index in [1.807, 2.05) is 0 Å². The van der Waals surface area contributed by atoms with Gasteiger partial charge < -0.3 is 15.2 Å². The first-order chi connectivity index (χ1) is 5.25. The fourth-order valence-electron chi connectivity index (χ4n) is 1.05. The summed E-state index contributed by atoms with van der Waals surface area (Å²) in [7, 11) is 0. The summed E-state index contributed by atoms with van der Waals surface area (Å²) in [5.41, 5.74) is 6.24. The van der Waals surface area contributed by atoms with E-state index in [1.165, 1.54) is 6.07 Å². The molecule has 1 unspecified atom stereocenters. The lowest BCUT2D eigenvalue weighted by Gasteiger charge is -2.00. The van der Waals surface area contributed by atoms with Crippen LogP contribution in [0.5, 0.6) is 11.5 Å². The van der Waals surface area contributed by atoms with E-state index in [0.717, 1.165) is 5.69 Å². The lowest BCUT2D eigenvalue weighted by molar-refractivity contribution is 0.261. The standard InChI is InChI=1S/C7H8N2O2/c8-7-9-5-2-1-4(10)3-6(5)11-7/h1-3,7,9-10H,8H2. The minimum atomic E-state index is -0.494. The van der Waals surface area contributed by atoms with Crippen molar-refractivity contribution in [3.05, 3.63) is 18.2 Å². The molecule has 4 nitrogen and oxygen atoms in total. The summed E-state index contributed by atoms with van der Waals surface area (Å²) in [4.78, 5) is 0. The molecule has 0 fully saturated rings.